The quantitative estimate of drug-likeness (QED) is 0.810. The van der Waals surface area contributed by atoms with Crippen molar-refractivity contribution in [2.45, 2.75) is 32.0 Å². The van der Waals surface area contributed by atoms with Crippen molar-refractivity contribution in [1.82, 2.24) is 10.2 Å². The molecular weight excluding hydrogens is 342 g/mol. The number of hydrogen-bond donors (Lipinski definition) is 2. The first kappa shape index (κ1) is 18.9. The molecule has 0 aromatic heterocycles. The lowest BCUT2D eigenvalue weighted by molar-refractivity contribution is -0.128. The lowest BCUT2D eigenvalue weighted by atomic mass is 10.1. The molecule has 142 valence electrons. The average molecular weight is 367 g/mol. The summed E-state index contributed by atoms with van der Waals surface area (Å²) >= 11 is 0. The highest BCUT2D eigenvalue weighted by atomic mass is 16.5. The largest absolute Gasteiger partial charge is 0.489 e. The number of carbonyl (C=O) groups excluding carboxylic acids is 2. The van der Waals surface area contributed by atoms with Crippen LogP contribution in [0.2, 0.25) is 0 Å². The Labute approximate surface area is 159 Å². The van der Waals surface area contributed by atoms with Crippen LogP contribution in [0.3, 0.4) is 0 Å². The highest BCUT2D eigenvalue weighted by Gasteiger charge is 2.24. The Morgan fingerprint density at radius 1 is 1.19 bits per heavy atom. The maximum Gasteiger partial charge on any atom is 0.240 e. The molecule has 3 N–H and O–H groups in total. The Morgan fingerprint density at radius 3 is 2.63 bits per heavy atom. The van der Waals surface area contributed by atoms with E-state index < -0.39 is 11.9 Å². The van der Waals surface area contributed by atoms with Gasteiger partial charge in [0, 0.05) is 25.1 Å². The van der Waals surface area contributed by atoms with Gasteiger partial charge in [-0.05, 0) is 18.6 Å². The van der Waals surface area contributed by atoms with Gasteiger partial charge in [0.1, 0.15) is 17.9 Å². The number of para-hydroxylation sites is 1. The van der Waals surface area contributed by atoms with Gasteiger partial charge in [0.05, 0.1) is 6.54 Å². The second-order valence-corrected chi connectivity index (χ2v) is 6.92. The van der Waals surface area contributed by atoms with Gasteiger partial charge in [0.25, 0.3) is 0 Å². The van der Waals surface area contributed by atoms with Crippen LogP contribution in [0.1, 0.15) is 18.1 Å². The van der Waals surface area contributed by atoms with Crippen molar-refractivity contribution in [2.75, 3.05) is 13.1 Å². The number of nitrogens with zero attached hydrogens (tertiary/aromatic N) is 1. The average Bonchev–Trinajstić information content (AvgIpc) is 2.79. The van der Waals surface area contributed by atoms with Crippen LogP contribution in [0.25, 0.3) is 0 Å². The van der Waals surface area contributed by atoms with Crippen LogP contribution < -0.4 is 15.8 Å². The molecule has 27 heavy (non-hydrogen) atoms. The molecule has 2 aromatic rings. The number of rotatable bonds is 6. The summed E-state index contributed by atoms with van der Waals surface area (Å²) in [5.74, 6) is 0.0958. The fraction of sp³-hybridized carbons (Fsp3) is 0.333. The van der Waals surface area contributed by atoms with Gasteiger partial charge in [0.15, 0.2) is 0 Å². The van der Waals surface area contributed by atoms with E-state index in [1.165, 1.54) is 0 Å². The van der Waals surface area contributed by atoms with Crippen LogP contribution in [-0.2, 0) is 22.6 Å². The fourth-order valence-corrected chi connectivity index (χ4v) is 3.31. The van der Waals surface area contributed by atoms with Crippen LogP contribution >= 0.6 is 0 Å². The second kappa shape index (κ2) is 8.68. The van der Waals surface area contributed by atoms with Crippen molar-refractivity contribution in [1.29, 1.82) is 0 Å². The van der Waals surface area contributed by atoms with Gasteiger partial charge in [-0.2, -0.15) is 0 Å². The molecule has 1 unspecified atom stereocenters. The van der Waals surface area contributed by atoms with E-state index in [4.69, 9.17) is 10.5 Å². The SMILES string of the molecule is CC1CN(CC(=O)N[C@@H](Cc2ccccc2)C(N)=O)Cc2ccccc2O1. The van der Waals surface area contributed by atoms with E-state index in [9.17, 15) is 9.59 Å². The lowest BCUT2D eigenvalue weighted by Crippen LogP contribution is -2.49. The Bertz CT molecular complexity index is 794. The zero-order valence-electron chi connectivity index (χ0n) is 15.4. The van der Waals surface area contributed by atoms with E-state index in [1.54, 1.807) is 0 Å². The number of primary amides is 1. The third-order valence-electron chi connectivity index (χ3n) is 4.54. The predicted molar refractivity (Wildman–Crippen MR) is 103 cm³/mol. The monoisotopic (exact) mass is 367 g/mol. The molecule has 0 fully saturated rings. The van der Waals surface area contributed by atoms with Gasteiger partial charge in [-0.3, -0.25) is 14.5 Å². The van der Waals surface area contributed by atoms with Gasteiger partial charge >= 0.3 is 0 Å². The van der Waals surface area contributed by atoms with Crippen molar-refractivity contribution in [2.24, 2.45) is 5.73 Å². The fourth-order valence-electron chi connectivity index (χ4n) is 3.31. The standard InChI is InChI=1S/C21H25N3O3/c1-15-12-24(13-17-9-5-6-10-19(17)27-15)14-20(25)23-18(21(22)26)11-16-7-3-2-4-8-16/h2-10,15,18H,11-14H2,1H3,(H2,22,26)(H,23,25)/t15?,18-/m0/s1. The molecule has 1 heterocycles. The van der Waals surface area contributed by atoms with Crippen molar-refractivity contribution >= 4 is 11.8 Å². The van der Waals surface area contributed by atoms with Gasteiger partial charge in [-0.25, -0.2) is 0 Å². The van der Waals surface area contributed by atoms with Crippen molar-refractivity contribution in [3.8, 4) is 5.75 Å². The number of nitrogens with two attached hydrogens (primary N) is 1. The van der Waals surface area contributed by atoms with Gasteiger partial charge in [0.2, 0.25) is 11.8 Å². The Hall–Kier alpha value is -2.86. The zero-order chi connectivity index (χ0) is 19.2. The molecule has 1 aliphatic heterocycles. The second-order valence-electron chi connectivity index (χ2n) is 6.92. The molecule has 0 radical (unpaired) electrons. The number of amides is 2. The van der Waals surface area contributed by atoms with Gasteiger partial charge in [-0.15, -0.1) is 0 Å². The maximum absolute atomic E-state index is 12.5. The molecule has 6 nitrogen and oxygen atoms in total. The summed E-state index contributed by atoms with van der Waals surface area (Å²) < 4.78 is 5.92. The van der Waals surface area contributed by atoms with Crippen LogP contribution in [0, 0.1) is 0 Å². The van der Waals surface area contributed by atoms with Crippen LogP contribution in [0.15, 0.2) is 54.6 Å². The lowest BCUT2D eigenvalue weighted by Gasteiger charge is -2.23. The molecule has 0 bridgehead atoms. The van der Waals surface area contributed by atoms with Crippen molar-refractivity contribution in [3.63, 3.8) is 0 Å². The number of fused-ring (bicyclic) bond motifs is 1. The summed E-state index contributed by atoms with van der Waals surface area (Å²) in [6, 6.07) is 16.6. The van der Waals surface area contributed by atoms with E-state index in [0.717, 1.165) is 16.9 Å². The van der Waals surface area contributed by atoms with E-state index in [-0.39, 0.29) is 18.6 Å². The van der Waals surface area contributed by atoms with E-state index in [2.05, 4.69) is 5.32 Å². The van der Waals surface area contributed by atoms with Crippen LogP contribution in [0.4, 0.5) is 0 Å². The summed E-state index contributed by atoms with van der Waals surface area (Å²) in [6.45, 7) is 3.41. The van der Waals surface area contributed by atoms with Crippen LogP contribution in [0.5, 0.6) is 5.75 Å². The molecular formula is C21H25N3O3. The van der Waals surface area contributed by atoms with E-state index in [1.807, 2.05) is 66.4 Å². The minimum Gasteiger partial charge on any atom is -0.489 e. The Kier molecular flexibility index (Phi) is 6.08. The van der Waals surface area contributed by atoms with E-state index >= 15 is 0 Å². The third-order valence-corrected chi connectivity index (χ3v) is 4.54. The Morgan fingerprint density at radius 2 is 1.89 bits per heavy atom. The van der Waals surface area contributed by atoms with Crippen LogP contribution in [-0.4, -0.2) is 41.9 Å². The smallest absolute Gasteiger partial charge is 0.240 e. The molecule has 2 amide bonds. The number of ether oxygens (including phenoxy) is 1. The minimum atomic E-state index is -0.729. The number of benzene rings is 2. The topological polar surface area (TPSA) is 84.7 Å². The van der Waals surface area contributed by atoms with Crippen molar-refractivity contribution in [3.05, 3.63) is 65.7 Å². The van der Waals surface area contributed by atoms with Crippen molar-refractivity contribution < 1.29 is 14.3 Å². The highest BCUT2D eigenvalue weighted by Crippen LogP contribution is 2.24. The highest BCUT2D eigenvalue weighted by molar-refractivity contribution is 5.87. The summed E-state index contributed by atoms with van der Waals surface area (Å²) in [5.41, 5.74) is 7.49. The number of nitrogens with one attached hydrogen (secondary N) is 1. The summed E-state index contributed by atoms with van der Waals surface area (Å²) in [5, 5.41) is 2.78. The molecule has 2 aromatic carbocycles. The normalized spacial score (nSPS) is 17.9. The maximum atomic E-state index is 12.5. The summed E-state index contributed by atoms with van der Waals surface area (Å²) in [6.07, 6.45) is 0.349. The molecule has 2 atom stereocenters. The number of hydrogen-bond acceptors (Lipinski definition) is 4. The minimum absolute atomic E-state index is 0.0299. The first-order valence-electron chi connectivity index (χ1n) is 9.11. The molecule has 3 rings (SSSR count). The molecule has 0 spiro atoms. The molecule has 1 aliphatic rings. The van der Waals surface area contributed by atoms with Gasteiger partial charge in [-0.1, -0.05) is 48.5 Å². The summed E-state index contributed by atoms with van der Waals surface area (Å²) in [7, 11) is 0. The predicted octanol–water partition coefficient (Wildman–Crippen LogP) is 1.48. The molecule has 0 aliphatic carbocycles. The number of carbonyl (C=O) groups is 2. The molecule has 6 heteroatoms. The Balaban J connectivity index is 1.62. The zero-order valence-corrected chi connectivity index (χ0v) is 15.4. The van der Waals surface area contributed by atoms with E-state index in [0.29, 0.717) is 19.5 Å². The van der Waals surface area contributed by atoms with Gasteiger partial charge < -0.3 is 15.8 Å². The first-order valence-corrected chi connectivity index (χ1v) is 9.11. The molecule has 0 saturated heterocycles. The summed E-state index contributed by atoms with van der Waals surface area (Å²) in [4.78, 5) is 26.3. The molecule has 0 saturated carbocycles. The third kappa shape index (κ3) is 5.31. The first-order chi connectivity index (χ1) is 13.0.